The number of rotatable bonds is 2. The third-order valence-electron chi connectivity index (χ3n) is 4.41. The number of fused-ring (bicyclic) bond motifs is 1. The molecule has 0 radical (unpaired) electrons. The van der Waals surface area contributed by atoms with Gasteiger partial charge in [-0.2, -0.15) is 0 Å². The first kappa shape index (κ1) is 12.8. The highest BCUT2D eigenvalue weighted by Gasteiger charge is 2.34. The third kappa shape index (κ3) is 2.86. The molecule has 2 aliphatic rings. The summed E-state index contributed by atoms with van der Waals surface area (Å²) in [5.74, 6) is 1.28. The molecule has 2 N–H and O–H groups in total. The number of phenolic OH excluding ortho intramolecular Hbond substituents is 1. The number of benzene rings is 1. The highest BCUT2D eigenvalue weighted by molar-refractivity contribution is 5.41. The predicted molar refractivity (Wildman–Crippen MR) is 75.7 cm³/mol. The summed E-state index contributed by atoms with van der Waals surface area (Å²) < 4.78 is 6.23. The minimum atomic E-state index is -0.0705. The van der Waals surface area contributed by atoms with Crippen LogP contribution >= 0.6 is 0 Å². The molecular weight excluding hydrogens is 238 g/mol. The molecule has 0 amide bonds. The van der Waals surface area contributed by atoms with Gasteiger partial charge in [0.2, 0.25) is 0 Å². The summed E-state index contributed by atoms with van der Waals surface area (Å²) in [6.45, 7) is 3.37. The van der Waals surface area contributed by atoms with Crippen LogP contribution in [0.5, 0.6) is 11.5 Å². The largest absolute Gasteiger partial charge is 0.508 e. The predicted octanol–water partition coefficient (Wildman–Crippen LogP) is 3.01. The lowest BCUT2D eigenvalue weighted by molar-refractivity contribution is 0.0422. The van der Waals surface area contributed by atoms with Gasteiger partial charge in [-0.15, -0.1) is 0 Å². The van der Waals surface area contributed by atoms with Crippen molar-refractivity contribution >= 4 is 0 Å². The summed E-state index contributed by atoms with van der Waals surface area (Å²) in [5, 5.41) is 13.1. The van der Waals surface area contributed by atoms with Gasteiger partial charge in [-0.3, -0.25) is 0 Å². The molecule has 1 aromatic rings. The van der Waals surface area contributed by atoms with Crippen LogP contribution in [0, 0.1) is 0 Å². The van der Waals surface area contributed by atoms with Gasteiger partial charge in [0.1, 0.15) is 17.1 Å². The fraction of sp³-hybridized carbons (Fsp3) is 0.625. The zero-order chi connectivity index (χ0) is 13.3. The Balaban J connectivity index is 1.70. The SMILES string of the molecule is CC1(CC2CCCCN2)CCc2cc(O)ccc2O1. The van der Waals surface area contributed by atoms with Crippen LogP contribution in [0.2, 0.25) is 0 Å². The van der Waals surface area contributed by atoms with E-state index in [1.807, 2.05) is 12.1 Å². The maximum absolute atomic E-state index is 9.51. The Morgan fingerprint density at radius 2 is 2.32 bits per heavy atom. The second-order valence-electron chi connectivity index (χ2n) is 6.19. The Labute approximate surface area is 115 Å². The lowest BCUT2D eigenvalue weighted by Gasteiger charge is -2.39. The molecule has 0 aromatic heterocycles. The van der Waals surface area contributed by atoms with Crippen LogP contribution in [0.25, 0.3) is 0 Å². The minimum absolute atomic E-state index is 0.0705. The molecule has 2 atom stereocenters. The van der Waals surface area contributed by atoms with E-state index in [1.165, 1.54) is 19.3 Å². The third-order valence-corrected chi connectivity index (χ3v) is 4.41. The average Bonchev–Trinajstić information content (AvgIpc) is 2.40. The molecule has 0 aliphatic carbocycles. The van der Waals surface area contributed by atoms with Crippen molar-refractivity contribution in [2.75, 3.05) is 6.54 Å². The van der Waals surface area contributed by atoms with Gasteiger partial charge in [0.25, 0.3) is 0 Å². The van der Waals surface area contributed by atoms with E-state index in [1.54, 1.807) is 6.07 Å². The maximum Gasteiger partial charge on any atom is 0.123 e. The molecule has 0 saturated carbocycles. The van der Waals surface area contributed by atoms with Crippen molar-refractivity contribution in [3.63, 3.8) is 0 Å². The summed E-state index contributed by atoms with van der Waals surface area (Å²) in [5.41, 5.74) is 1.06. The number of phenols is 1. The fourth-order valence-electron chi connectivity index (χ4n) is 3.34. The maximum atomic E-state index is 9.51. The summed E-state index contributed by atoms with van der Waals surface area (Å²) in [6.07, 6.45) is 7.00. The molecule has 104 valence electrons. The fourth-order valence-corrected chi connectivity index (χ4v) is 3.34. The summed E-state index contributed by atoms with van der Waals surface area (Å²) >= 11 is 0. The molecule has 0 bridgehead atoms. The van der Waals surface area contributed by atoms with E-state index in [9.17, 15) is 5.11 Å². The zero-order valence-electron chi connectivity index (χ0n) is 11.6. The van der Waals surface area contributed by atoms with E-state index in [0.717, 1.165) is 37.1 Å². The minimum Gasteiger partial charge on any atom is -0.508 e. The molecule has 0 spiro atoms. The van der Waals surface area contributed by atoms with Gasteiger partial charge in [0.05, 0.1) is 0 Å². The number of nitrogens with one attached hydrogen (secondary N) is 1. The van der Waals surface area contributed by atoms with Gasteiger partial charge in [0, 0.05) is 12.5 Å². The standard InChI is InChI=1S/C16H23NO2/c1-16(11-13-4-2-3-9-17-13)8-7-12-10-14(18)5-6-15(12)19-16/h5-6,10,13,17-18H,2-4,7-9,11H2,1H3. The topological polar surface area (TPSA) is 41.5 Å². The van der Waals surface area contributed by atoms with Gasteiger partial charge in [0.15, 0.2) is 0 Å². The number of ether oxygens (including phenoxy) is 1. The lowest BCUT2D eigenvalue weighted by atomic mass is 9.85. The van der Waals surface area contributed by atoms with E-state index in [2.05, 4.69) is 12.2 Å². The molecular formula is C16H23NO2. The molecule has 19 heavy (non-hydrogen) atoms. The van der Waals surface area contributed by atoms with Crippen molar-refractivity contribution < 1.29 is 9.84 Å². The molecule has 3 heteroatoms. The quantitative estimate of drug-likeness (QED) is 0.860. The monoisotopic (exact) mass is 261 g/mol. The number of aromatic hydroxyl groups is 1. The molecule has 2 unspecified atom stereocenters. The molecule has 3 nitrogen and oxygen atoms in total. The number of hydrogen-bond acceptors (Lipinski definition) is 3. The van der Waals surface area contributed by atoms with Crippen molar-refractivity contribution in [1.82, 2.24) is 5.32 Å². The van der Waals surface area contributed by atoms with E-state index in [-0.39, 0.29) is 5.60 Å². The first-order valence-electron chi connectivity index (χ1n) is 7.39. The van der Waals surface area contributed by atoms with Crippen LogP contribution < -0.4 is 10.1 Å². The van der Waals surface area contributed by atoms with E-state index in [4.69, 9.17) is 4.74 Å². The molecule has 1 aromatic carbocycles. The van der Waals surface area contributed by atoms with Gasteiger partial charge in [-0.05, 0) is 62.9 Å². The summed E-state index contributed by atoms with van der Waals surface area (Å²) in [6, 6.07) is 6.03. The molecule has 2 heterocycles. The Bertz CT molecular complexity index is 454. The Hall–Kier alpha value is -1.22. The van der Waals surface area contributed by atoms with Crippen LogP contribution in [-0.4, -0.2) is 23.3 Å². The van der Waals surface area contributed by atoms with E-state index in [0.29, 0.717) is 11.8 Å². The van der Waals surface area contributed by atoms with Gasteiger partial charge in [-0.25, -0.2) is 0 Å². The van der Waals surface area contributed by atoms with Crippen LogP contribution in [-0.2, 0) is 6.42 Å². The number of piperidine rings is 1. The van der Waals surface area contributed by atoms with Gasteiger partial charge >= 0.3 is 0 Å². The second kappa shape index (κ2) is 5.04. The number of aryl methyl sites for hydroxylation is 1. The lowest BCUT2D eigenvalue weighted by Crippen LogP contribution is -2.45. The van der Waals surface area contributed by atoms with E-state index < -0.39 is 0 Å². The second-order valence-corrected chi connectivity index (χ2v) is 6.19. The van der Waals surface area contributed by atoms with E-state index >= 15 is 0 Å². The highest BCUT2D eigenvalue weighted by Crippen LogP contribution is 2.37. The van der Waals surface area contributed by atoms with Gasteiger partial charge < -0.3 is 15.2 Å². The Morgan fingerprint density at radius 3 is 3.11 bits per heavy atom. The highest BCUT2D eigenvalue weighted by atomic mass is 16.5. The average molecular weight is 261 g/mol. The van der Waals surface area contributed by atoms with Crippen molar-refractivity contribution in [1.29, 1.82) is 0 Å². The van der Waals surface area contributed by atoms with Crippen molar-refractivity contribution in [3.05, 3.63) is 23.8 Å². The smallest absolute Gasteiger partial charge is 0.123 e. The zero-order valence-corrected chi connectivity index (χ0v) is 11.6. The Kier molecular flexibility index (Phi) is 3.40. The van der Waals surface area contributed by atoms with Crippen LogP contribution in [0.15, 0.2) is 18.2 Å². The van der Waals surface area contributed by atoms with Crippen LogP contribution in [0.4, 0.5) is 0 Å². The Morgan fingerprint density at radius 1 is 1.42 bits per heavy atom. The van der Waals surface area contributed by atoms with Crippen LogP contribution in [0.3, 0.4) is 0 Å². The molecule has 1 fully saturated rings. The van der Waals surface area contributed by atoms with Gasteiger partial charge in [-0.1, -0.05) is 6.42 Å². The molecule has 1 saturated heterocycles. The molecule has 3 rings (SSSR count). The van der Waals surface area contributed by atoms with Crippen LogP contribution in [0.1, 0.15) is 44.6 Å². The first-order valence-corrected chi connectivity index (χ1v) is 7.39. The summed E-state index contributed by atoms with van der Waals surface area (Å²) in [4.78, 5) is 0. The van der Waals surface area contributed by atoms with Crippen molar-refractivity contribution in [3.8, 4) is 11.5 Å². The summed E-state index contributed by atoms with van der Waals surface area (Å²) in [7, 11) is 0. The molecule has 2 aliphatic heterocycles. The van der Waals surface area contributed by atoms with Crippen molar-refractivity contribution in [2.24, 2.45) is 0 Å². The van der Waals surface area contributed by atoms with Crippen molar-refractivity contribution in [2.45, 2.75) is 57.1 Å². The first-order chi connectivity index (χ1) is 9.15. The normalized spacial score (nSPS) is 30.5. The number of hydrogen-bond donors (Lipinski definition) is 2.